The average Bonchev–Trinajstić information content (AvgIpc) is 2.84. The Morgan fingerprint density at radius 3 is 2.47 bits per heavy atom. The molecule has 1 aromatic heterocycles. The fraction of sp³-hybridized carbons (Fsp3) is 0.292. The highest BCUT2D eigenvalue weighted by atomic mass is 35.5. The zero-order valence-corrected chi connectivity index (χ0v) is 18.4. The highest BCUT2D eigenvalue weighted by Crippen LogP contribution is 2.42. The molecule has 0 bridgehead atoms. The molecule has 4 rings (SSSR count). The van der Waals surface area contributed by atoms with Crippen LogP contribution in [-0.2, 0) is 5.41 Å². The van der Waals surface area contributed by atoms with Crippen molar-refractivity contribution in [3.8, 4) is 11.3 Å². The molecule has 0 atom stereocenters. The molecule has 0 spiro atoms. The van der Waals surface area contributed by atoms with E-state index in [9.17, 15) is 9.59 Å². The lowest BCUT2D eigenvalue weighted by Gasteiger charge is -2.40. The van der Waals surface area contributed by atoms with Crippen LogP contribution in [0.2, 0.25) is 5.02 Å². The first-order chi connectivity index (χ1) is 15.5. The van der Waals surface area contributed by atoms with E-state index in [1.165, 1.54) is 10.7 Å². The van der Waals surface area contributed by atoms with Crippen LogP contribution in [-0.4, -0.2) is 22.2 Å². The molecular weight excluding hydrogens is 426 g/mol. The number of nitrogens with one attached hydrogen (secondary N) is 1. The molecule has 1 heterocycles. The minimum atomic E-state index is -0.630. The van der Waals surface area contributed by atoms with E-state index < -0.39 is 11.5 Å². The topological polar surface area (TPSA) is 116 Å². The van der Waals surface area contributed by atoms with Crippen molar-refractivity contribution in [3.63, 3.8) is 0 Å². The van der Waals surface area contributed by atoms with E-state index in [4.69, 9.17) is 23.2 Å². The third kappa shape index (κ3) is 4.19. The molecule has 7 nitrogen and oxygen atoms in total. The zero-order valence-electron chi connectivity index (χ0n) is 17.6. The molecule has 0 aliphatic heterocycles. The van der Waals surface area contributed by atoms with Gasteiger partial charge in [-0.2, -0.15) is 5.10 Å². The molecule has 2 aromatic carbocycles. The number of halogens is 1. The SMILES string of the molecule is NC[C@]1(c2cccc(Cl)c2)CC[C@H](n2nc(-c3ccccc3)cc(C(=O)NN)c2=O)CC1. The number of benzene rings is 2. The van der Waals surface area contributed by atoms with Crippen LogP contribution in [0.3, 0.4) is 0 Å². The molecule has 1 aliphatic rings. The molecule has 0 saturated heterocycles. The molecule has 1 amide bonds. The molecule has 5 N–H and O–H groups in total. The van der Waals surface area contributed by atoms with Gasteiger partial charge in [-0.05, 0) is 49.4 Å². The Hall–Kier alpha value is -3.00. The van der Waals surface area contributed by atoms with Crippen molar-refractivity contribution in [2.75, 3.05) is 6.54 Å². The largest absolute Gasteiger partial charge is 0.330 e. The number of rotatable bonds is 5. The van der Waals surface area contributed by atoms with E-state index in [2.05, 4.69) is 16.6 Å². The van der Waals surface area contributed by atoms with Crippen molar-refractivity contribution >= 4 is 17.5 Å². The third-order valence-electron chi connectivity index (χ3n) is 6.47. The maximum Gasteiger partial charge on any atom is 0.279 e. The summed E-state index contributed by atoms with van der Waals surface area (Å²) >= 11 is 6.22. The number of nitrogens with two attached hydrogens (primary N) is 2. The predicted octanol–water partition coefficient (Wildman–Crippen LogP) is 3.18. The maximum atomic E-state index is 13.1. The van der Waals surface area contributed by atoms with Crippen LogP contribution in [0.4, 0.5) is 0 Å². The van der Waals surface area contributed by atoms with Crippen molar-refractivity contribution in [3.05, 3.63) is 87.2 Å². The van der Waals surface area contributed by atoms with Crippen molar-refractivity contribution < 1.29 is 4.79 Å². The van der Waals surface area contributed by atoms with Gasteiger partial charge in [0.1, 0.15) is 5.56 Å². The number of hydrogen-bond donors (Lipinski definition) is 3. The van der Waals surface area contributed by atoms with E-state index in [0.717, 1.165) is 24.0 Å². The van der Waals surface area contributed by atoms with Crippen LogP contribution in [0.25, 0.3) is 11.3 Å². The maximum absolute atomic E-state index is 13.1. The number of aromatic nitrogens is 2. The Morgan fingerprint density at radius 1 is 1.12 bits per heavy atom. The first-order valence-corrected chi connectivity index (χ1v) is 11.0. The van der Waals surface area contributed by atoms with Crippen molar-refractivity contribution in [2.24, 2.45) is 11.6 Å². The van der Waals surface area contributed by atoms with Gasteiger partial charge in [0.05, 0.1) is 11.7 Å². The standard InChI is InChI=1S/C24H26ClN5O2/c25-18-8-4-7-17(13-18)24(15-26)11-9-19(10-12-24)30-23(32)20(22(31)28-27)14-21(29-30)16-5-2-1-3-6-16/h1-8,13-14,19H,9-12,15,26-27H2,(H,28,31)/t19-,24-. The van der Waals surface area contributed by atoms with Gasteiger partial charge < -0.3 is 5.73 Å². The highest BCUT2D eigenvalue weighted by molar-refractivity contribution is 6.30. The van der Waals surface area contributed by atoms with E-state index in [1.807, 2.05) is 48.5 Å². The summed E-state index contributed by atoms with van der Waals surface area (Å²) in [6, 6.07) is 18.6. The fourth-order valence-electron chi connectivity index (χ4n) is 4.58. The second-order valence-corrected chi connectivity index (χ2v) is 8.69. The Bertz CT molecular complexity index is 1170. The molecule has 3 aromatic rings. The zero-order chi connectivity index (χ0) is 22.7. The summed E-state index contributed by atoms with van der Waals surface area (Å²) in [6.07, 6.45) is 2.99. The molecule has 0 radical (unpaired) electrons. The van der Waals surface area contributed by atoms with Crippen LogP contribution in [0.1, 0.15) is 47.6 Å². The molecule has 0 unspecified atom stereocenters. The minimum absolute atomic E-state index is 0.0214. The smallest absolute Gasteiger partial charge is 0.279 e. The van der Waals surface area contributed by atoms with Crippen LogP contribution >= 0.6 is 11.6 Å². The molecule has 166 valence electrons. The highest BCUT2D eigenvalue weighted by Gasteiger charge is 2.37. The molecule has 8 heteroatoms. The van der Waals surface area contributed by atoms with E-state index in [0.29, 0.717) is 30.1 Å². The van der Waals surface area contributed by atoms with Crippen LogP contribution in [0.5, 0.6) is 0 Å². The molecule has 32 heavy (non-hydrogen) atoms. The summed E-state index contributed by atoms with van der Waals surface area (Å²) in [5.74, 6) is 4.70. The molecule has 1 saturated carbocycles. The normalized spacial score (nSPS) is 20.7. The van der Waals surface area contributed by atoms with E-state index in [-0.39, 0.29) is 17.0 Å². The number of carbonyl (C=O) groups excluding carboxylic acids is 1. The second kappa shape index (κ2) is 9.24. The number of hydrazine groups is 1. The Morgan fingerprint density at radius 2 is 1.84 bits per heavy atom. The number of nitrogens with zero attached hydrogens (tertiary/aromatic N) is 2. The van der Waals surface area contributed by atoms with E-state index >= 15 is 0 Å². The first-order valence-electron chi connectivity index (χ1n) is 10.6. The molecular formula is C24H26ClN5O2. The monoisotopic (exact) mass is 451 g/mol. The summed E-state index contributed by atoms with van der Waals surface area (Å²) in [5, 5.41) is 5.32. The predicted molar refractivity (Wildman–Crippen MR) is 125 cm³/mol. The van der Waals surface area contributed by atoms with Gasteiger partial charge in [0, 0.05) is 22.5 Å². The summed E-state index contributed by atoms with van der Waals surface area (Å²) in [6.45, 7) is 0.493. The summed E-state index contributed by atoms with van der Waals surface area (Å²) in [7, 11) is 0. The quantitative estimate of drug-likeness (QED) is 0.313. The summed E-state index contributed by atoms with van der Waals surface area (Å²) < 4.78 is 1.45. The van der Waals surface area contributed by atoms with Crippen LogP contribution in [0, 0.1) is 0 Å². The van der Waals surface area contributed by atoms with Crippen LogP contribution < -0.4 is 22.6 Å². The number of carbonyl (C=O) groups is 1. The van der Waals surface area contributed by atoms with Gasteiger partial charge in [0.2, 0.25) is 0 Å². The Labute approximate surface area is 191 Å². The second-order valence-electron chi connectivity index (χ2n) is 8.26. The third-order valence-corrected chi connectivity index (χ3v) is 6.70. The van der Waals surface area contributed by atoms with Gasteiger partial charge in [0.15, 0.2) is 0 Å². The lowest BCUT2D eigenvalue weighted by Crippen LogP contribution is -2.43. The number of amides is 1. The summed E-state index contributed by atoms with van der Waals surface area (Å²) in [5.41, 5.74) is 10.1. The van der Waals surface area contributed by atoms with Gasteiger partial charge in [-0.15, -0.1) is 0 Å². The van der Waals surface area contributed by atoms with Gasteiger partial charge in [0.25, 0.3) is 11.5 Å². The van der Waals surface area contributed by atoms with Gasteiger partial charge >= 0.3 is 0 Å². The lowest BCUT2D eigenvalue weighted by molar-refractivity contribution is 0.0950. The average molecular weight is 452 g/mol. The minimum Gasteiger partial charge on any atom is -0.330 e. The van der Waals surface area contributed by atoms with Gasteiger partial charge in [-0.1, -0.05) is 54.1 Å². The molecule has 1 fully saturated rings. The van der Waals surface area contributed by atoms with Crippen molar-refractivity contribution in [2.45, 2.75) is 37.1 Å². The summed E-state index contributed by atoms with van der Waals surface area (Å²) in [4.78, 5) is 25.5. The van der Waals surface area contributed by atoms with Crippen molar-refractivity contribution in [1.82, 2.24) is 15.2 Å². The first kappa shape index (κ1) is 22.2. The van der Waals surface area contributed by atoms with Gasteiger partial charge in [-0.3, -0.25) is 15.0 Å². The Kier molecular flexibility index (Phi) is 6.41. The number of hydrogen-bond acceptors (Lipinski definition) is 5. The van der Waals surface area contributed by atoms with E-state index in [1.54, 1.807) is 0 Å². The lowest BCUT2D eigenvalue weighted by atomic mass is 9.68. The fourth-order valence-corrected chi connectivity index (χ4v) is 4.77. The Balaban J connectivity index is 1.70. The molecule has 1 aliphatic carbocycles. The number of nitrogen functional groups attached to an aromatic ring is 1. The van der Waals surface area contributed by atoms with Crippen molar-refractivity contribution in [1.29, 1.82) is 0 Å². The van der Waals surface area contributed by atoms with Crippen LogP contribution in [0.15, 0.2) is 65.5 Å². The van der Waals surface area contributed by atoms with Gasteiger partial charge in [-0.25, -0.2) is 10.5 Å².